The Labute approximate surface area is 153 Å². The van der Waals surface area contributed by atoms with Crippen molar-refractivity contribution < 1.29 is 14.3 Å². The molecule has 0 unspecified atom stereocenters. The number of hydrogen-bond acceptors (Lipinski definition) is 3. The van der Waals surface area contributed by atoms with E-state index in [0.29, 0.717) is 18.8 Å². The molecule has 0 atom stereocenters. The Balaban J connectivity index is 2.52. The molecule has 0 spiro atoms. The third-order valence-corrected chi connectivity index (χ3v) is 5.69. The van der Waals surface area contributed by atoms with Crippen molar-refractivity contribution in [3.05, 3.63) is 40.6 Å². The summed E-state index contributed by atoms with van der Waals surface area (Å²) in [6.07, 6.45) is 0. The van der Waals surface area contributed by atoms with E-state index in [-0.39, 0.29) is 12.6 Å². The third kappa shape index (κ3) is 6.25. The summed E-state index contributed by atoms with van der Waals surface area (Å²) >= 11 is 6.56. The van der Waals surface area contributed by atoms with E-state index in [1.807, 2.05) is 19.1 Å². The predicted molar refractivity (Wildman–Crippen MR) is 101 cm³/mol. The van der Waals surface area contributed by atoms with Gasteiger partial charge in [0.25, 0.3) is 0 Å². The Morgan fingerprint density at radius 2 is 1.95 bits per heavy atom. The zero-order chi connectivity index (χ0) is 14.4. The number of ether oxygens (including phenoxy) is 2. The molecule has 1 rings (SSSR count). The second-order valence-electron chi connectivity index (χ2n) is 3.89. The first-order valence-corrected chi connectivity index (χ1v) is 8.69. The molecule has 0 fully saturated rings. The van der Waals surface area contributed by atoms with Gasteiger partial charge in [-0.3, -0.25) is 0 Å². The third-order valence-electron chi connectivity index (χ3n) is 2.02. The first kappa shape index (κ1) is 17.6. The molecular formula is C13H13I3O3. The van der Waals surface area contributed by atoms with Crippen LogP contribution in [-0.2, 0) is 9.47 Å². The van der Waals surface area contributed by atoms with Gasteiger partial charge in [0, 0.05) is 10.7 Å². The molecule has 1 aromatic carbocycles. The minimum atomic E-state index is -0.306. The topological polar surface area (TPSA) is 35.5 Å². The van der Waals surface area contributed by atoms with Crippen LogP contribution < -0.4 is 0 Å². The van der Waals surface area contributed by atoms with Gasteiger partial charge in [0.2, 0.25) is 0 Å². The van der Waals surface area contributed by atoms with Crippen LogP contribution in [-0.4, -0.2) is 25.8 Å². The van der Waals surface area contributed by atoms with Gasteiger partial charge in [0.05, 0.1) is 18.8 Å². The van der Waals surface area contributed by atoms with Gasteiger partial charge in [-0.05, 0) is 86.8 Å². The number of carbonyl (C=O) groups excluding carboxylic acids is 1. The van der Waals surface area contributed by atoms with Crippen molar-refractivity contribution in [3.8, 4) is 0 Å². The lowest BCUT2D eigenvalue weighted by molar-refractivity contribution is 0.0346. The molecule has 0 radical (unpaired) electrons. The molecule has 0 heterocycles. The number of esters is 1. The van der Waals surface area contributed by atoms with Crippen molar-refractivity contribution in [2.75, 3.05) is 19.8 Å². The molecular weight excluding hydrogens is 585 g/mol. The van der Waals surface area contributed by atoms with Crippen molar-refractivity contribution in [2.45, 2.75) is 6.92 Å². The zero-order valence-electron chi connectivity index (χ0n) is 10.3. The Morgan fingerprint density at radius 1 is 1.26 bits per heavy atom. The Bertz CT molecular complexity index is 486. The molecule has 0 saturated carbocycles. The molecule has 0 aliphatic rings. The van der Waals surface area contributed by atoms with Crippen molar-refractivity contribution in [3.63, 3.8) is 0 Å². The lowest BCUT2D eigenvalue weighted by Crippen LogP contribution is -2.13. The van der Waals surface area contributed by atoms with Gasteiger partial charge in [-0.15, -0.1) is 0 Å². The van der Waals surface area contributed by atoms with Crippen molar-refractivity contribution in [1.82, 2.24) is 0 Å². The van der Waals surface area contributed by atoms with Gasteiger partial charge in [-0.25, -0.2) is 4.79 Å². The summed E-state index contributed by atoms with van der Waals surface area (Å²) < 4.78 is 13.5. The molecule has 6 heteroatoms. The fraction of sp³-hybridized carbons (Fsp3) is 0.308. The lowest BCUT2D eigenvalue weighted by atomic mass is 10.2. The molecule has 0 aliphatic heterocycles. The Hall–Kier alpha value is 0.580. The fourth-order valence-electron chi connectivity index (χ4n) is 1.22. The average Bonchev–Trinajstić information content (AvgIpc) is 2.32. The summed E-state index contributed by atoms with van der Waals surface area (Å²) in [5, 5.41) is 0. The van der Waals surface area contributed by atoms with Gasteiger partial charge < -0.3 is 9.47 Å². The molecule has 0 N–H and O–H groups in total. The normalized spacial score (nSPS) is 10.3. The summed E-state index contributed by atoms with van der Waals surface area (Å²) in [4.78, 5) is 12.0. The van der Waals surface area contributed by atoms with Crippen LogP contribution in [0, 0.1) is 10.7 Å². The maximum Gasteiger partial charge on any atom is 0.339 e. The van der Waals surface area contributed by atoms with Crippen molar-refractivity contribution >= 4 is 73.7 Å². The number of hydrogen-bond donors (Lipinski definition) is 0. The van der Waals surface area contributed by atoms with Crippen molar-refractivity contribution in [1.29, 1.82) is 0 Å². The zero-order valence-corrected chi connectivity index (χ0v) is 16.8. The van der Waals surface area contributed by atoms with Crippen LogP contribution in [0.2, 0.25) is 0 Å². The van der Waals surface area contributed by atoms with E-state index >= 15 is 0 Å². The smallest absolute Gasteiger partial charge is 0.339 e. The quantitative estimate of drug-likeness (QED) is 0.162. The highest BCUT2D eigenvalue weighted by Crippen LogP contribution is 2.23. The Morgan fingerprint density at radius 3 is 2.58 bits per heavy atom. The van der Waals surface area contributed by atoms with Gasteiger partial charge in [0.15, 0.2) is 0 Å². The first-order valence-electron chi connectivity index (χ1n) is 5.45. The van der Waals surface area contributed by atoms with Crippen LogP contribution in [0.25, 0.3) is 0 Å². The molecule has 0 saturated heterocycles. The second-order valence-corrected chi connectivity index (χ2v) is 7.38. The van der Waals surface area contributed by atoms with Gasteiger partial charge in [-0.1, -0.05) is 12.2 Å². The van der Waals surface area contributed by atoms with Crippen molar-refractivity contribution in [2.24, 2.45) is 0 Å². The van der Waals surface area contributed by atoms with Crippen LogP contribution in [0.4, 0.5) is 0 Å². The van der Waals surface area contributed by atoms with Crippen LogP contribution in [0.3, 0.4) is 0 Å². The number of rotatable bonds is 6. The molecule has 19 heavy (non-hydrogen) atoms. The summed E-state index contributed by atoms with van der Waals surface area (Å²) in [6, 6.07) is 3.86. The van der Waals surface area contributed by atoms with Crippen LogP contribution in [0.15, 0.2) is 24.3 Å². The SMILES string of the molecule is C=C(C)COCCOC(=O)c1cc(I)cc(I)c1I. The minimum absolute atomic E-state index is 0.254. The summed E-state index contributed by atoms with van der Waals surface area (Å²) in [6.45, 7) is 6.76. The highest BCUT2D eigenvalue weighted by Gasteiger charge is 2.14. The van der Waals surface area contributed by atoms with Crippen LogP contribution in [0.5, 0.6) is 0 Å². The summed E-state index contributed by atoms with van der Waals surface area (Å²) in [5.41, 5.74) is 1.56. The maximum atomic E-state index is 12.0. The van der Waals surface area contributed by atoms with E-state index in [9.17, 15) is 4.79 Å². The monoisotopic (exact) mass is 598 g/mol. The van der Waals surface area contributed by atoms with Crippen LogP contribution in [0.1, 0.15) is 17.3 Å². The molecule has 0 amide bonds. The van der Waals surface area contributed by atoms with E-state index in [4.69, 9.17) is 9.47 Å². The summed E-state index contributed by atoms with van der Waals surface area (Å²) in [5.74, 6) is -0.306. The fourth-order valence-corrected chi connectivity index (χ4v) is 3.60. The largest absolute Gasteiger partial charge is 0.460 e. The van der Waals surface area contributed by atoms with E-state index in [1.165, 1.54) is 0 Å². The standard InChI is InChI=1S/C13H13I3O3/c1-8(2)7-18-3-4-19-13(17)10-5-9(14)6-11(15)12(10)16/h5-6H,1,3-4,7H2,2H3. The molecule has 0 aliphatic carbocycles. The molecule has 3 nitrogen and oxygen atoms in total. The van der Waals surface area contributed by atoms with Gasteiger partial charge in [-0.2, -0.15) is 0 Å². The highest BCUT2D eigenvalue weighted by atomic mass is 127. The summed E-state index contributed by atoms with van der Waals surface area (Å²) in [7, 11) is 0. The number of carbonyl (C=O) groups is 1. The van der Waals surface area contributed by atoms with Crippen LogP contribution >= 0.6 is 67.8 Å². The number of halogens is 3. The van der Waals surface area contributed by atoms with Gasteiger partial charge >= 0.3 is 5.97 Å². The molecule has 1 aromatic rings. The van der Waals surface area contributed by atoms with E-state index in [0.717, 1.165) is 16.3 Å². The van der Waals surface area contributed by atoms with E-state index in [1.54, 1.807) is 0 Å². The van der Waals surface area contributed by atoms with E-state index in [2.05, 4.69) is 74.4 Å². The molecule has 0 bridgehead atoms. The minimum Gasteiger partial charge on any atom is -0.460 e. The maximum absolute atomic E-state index is 12.0. The molecule has 104 valence electrons. The second kappa shape index (κ2) is 8.78. The predicted octanol–water partition coefficient (Wildman–Crippen LogP) is 4.25. The molecule has 0 aromatic heterocycles. The highest BCUT2D eigenvalue weighted by molar-refractivity contribution is 14.1. The first-order chi connectivity index (χ1) is 8.91. The van der Waals surface area contributed by atoms with E-state index < -0.39 is 0 Å². The number of benzene rings is 1. The van der Waals surface area contributed by atoms with Gasteiger partial charge in [0.1, 0.15) is 6.61 Å². The lowest BCUT2D eigenvalue weighted by Gasteiger charge is -2.09. The average molecular weight is 598 g/mol. The Kier molecular flexibility index (Phi) is 8.14.